The Morgan fingerprint density at radius 1 is 1.18 bits per heavy atom. The Hall–Kier alpha value is -2.57. The zero-order chi connectivity index (χ0) is 25.8. The molecule has 5 atom stereocenters. The van der Waals surface area contributed by atoms with Crippen LogP contribution in [0.2, 0.25) is 0 Å². The van der Waals surface area contributed by atoms with Crippen LogP contribution < -0.4 is 4.74 Å². The molecule has 0 radical (unpaired) electrons. The molecule has 1 spiro atoms. The number of ether oxygens (including phenoxy) is 1. The van der Waals surface area contributed by atoms with Crippen molar-refractivity contribution >= 4 is 27.3 Å². The Kier molecular flexibility index (Phi) is 4.90. The Morgan fingerprint density at radius 2 is 2.05 bits per heavy atom. The third-order valence-corrected chi connectivity index (χ3v) is 12.0. The molecule has 3 fully saturated rings. The molecule has 5 nitrogen and oxygen atoms in total. The van der Waals surface area contributed by atoms with Gasteiger partial charge in [0, 0.05) is 35.3 Å². The van der Waals surface area contributed by atoms with Gasteiger partial charge in [0.1, 0.15) is 6.10 Å². The summed E-state index contributed by atoms with van der Waals surface area (Å²) in [5, 5.41) is 14.3. The average Bonchev–Trinajstić information content (AvgIpc) is 3.45. The van der Waals surface area contributed by atoms with Crippen LogP contribution in [0.15, 0.2) is 41.8 Å². The van der Waals surface area contributed by atoms with Crippen molar-refractivity contribution < 1.29 is 14.6 Å². The maximum Gasteiger partial charge on any atom is 0.227 e. The molecule has 2 aromatic carbocycles. The number of hydrogen-bond acceptors (Lipinski definition) is 5. The number of phenols is 1. The number of hydrogen-bond donors (Lipinski definition) is 1. The Labute approximate surface area is 228 Å². The van der Waals surface area contributed by atoms with Crippen molar-refractivity contribution in [3.05, 3.63) is 58.5 Å². The van der Waals surface area contributed by atoms with E-state index < -0.39 is 0 Å². The molecule has 1 aromatic heterocycles. The molecule has 1 amide bonds. The number of carbonyl (C=O) groups excluding carboxylic acids is 1. The van der Waals surface area contributed by atoms with E-state index in [9.17, 15) is 9.90 Å². The van der Waals surface area contributed by atoms with Gasteiger partial charge in [0.05, 0.1) is 12.5 Å². The molecule has 3 aliphatic carbocycles. The van der Waals surface area contributed by atoms with Crippen molar-refractivity contribution in [1.29, 1.82) is 0 Å². The number of nitrogens with zero attached hydrogens (tertiary/aromatic N) is 2. The molecular formula is C32H36N2O3S. The second-order valence-electron chi connectivity index (χ2n) is 12.8. The number of rotatable bonds is 5. The highest BCUT2D eigenvalue weighted by Gasteiger charge is 2.71. The van der Waals surface area contributed by atoms with Crippen molar-refractivity contribution in [1.82, 2.24) is 9.80 Å². The molecule has 38 heavy (non-hydrogen) atoms. The maximum absolute atomic E-state index is 13.8. The van der Waals surface area contributed by atoms with Crippen molar-refractivity contribution in [3.8, 4) is 11.5 Å². The van der Waals surface area contributed by atoms with Gasteiger partial charge in [-0.15, -0.1) is 11.3 Å². The molecule has 2 aliphatic heterocycles. The predicted molar refractivity (Wildman–Crippen MR) is 150 cm³/mol. The second-order valence-corrected chi connectivity index (χ2v) is 13.8. The molecule has 198 valence electrons. The minimum Gasteiger partial charge on any atom is -0.504 e. The summed E-state index contributed by atoms with van der Waals surface area (Å²) in [6, 6.07) is 12.9. The van der Waals surface area contributed by atoms with Crippen molar-refractivity contribution in [3.63, 3.8) is 0 Å². The largest absolute Gasteiger partial charge is 0.504 e. The molecule has 1 saturated heterocycles. The predicted octanol–water partition coefficient (Wildman–Crippen LogP) is 5.52. The fourth-order valence-electron chi connectivity index (χ4n) is 8.99. The number of carbonyl (C=O) groups is 1. The van der Waals surface area contributed by atoms with Crippen LogP contribution in [0.5, 0.6) is 11.5 Å². The van der Waals surface area contributed by atoms with Crippen LogP contribution in [-0.2, 0) is 23.1 Å². The number of aromatic hydroxyl groups is 1. The first-order valence-electron chi connectivity index (χ1n) is 14.4. The number of likely N-dealkylation sites (N-methyl/N-ethyl adjacent to an activating group) is 1. The minimum atomic E-state index is -0.162. The van der Waals surface area contributed by atoms with Gasteiger partial charge >= 0.3 is 0 Å². The first-order valence-corrected chi connectivity index (χ1v) is 15.3. The maximum atomic E-state index is 13.8. The van der Waals surface area contributed by atoms with E-state index in [2.05, 4.69) is 47.5 Å². The Balaban J connectivity index is 1.17. The summed E-state index contributed by atoms with van der Waals surface area (Å²) in [7, 11) is 1.98. The lowest BCUT2D eigenvalue weighted by atomic mass is 9.43. The quantitative estimate of drug-likeness (QED) is 0.474. The summed E-state index contributed by atoms with van der Waals surface area (Å²) in [5.74, 6) is 1.97. The minimum absolute atomic E-state index is 0.00867. The summed E-state index contributed by atoms with van der Waals surface area (Å²) >= 11 is 1.72. The standard InChI is InChI=1S/C32H36N2O3S/c1-31-12-10-23(33(2)27(36)17-20-4-3-5-25-22(20)11-15-38-25)30-32(31)13-14-34(18-19-6-7-19)26(31)16-21-8-9-24(35)29(37-30)28(21)32/h3-5,8-9,11,15,19,23,26,30,35H,6-7,10,12-14,16-18H2,1-2H3/t23-,26-,30+,31+,32+/m1/s1. The van der Waals surface area contributed by atoms with Crippen LogP contribution in [0.4, 0.5) is 0 Å². The van der Waals surface area contributed by atoms with Crippen molar-refractivity contribution in [2.45, 2.75) is 75.5 Å². The number of benzene rings is 2. The number of piperidine rings is 1. The van der Waals surface area contributed by atoms with Crippen molar-refractivity contribution in [2.24, 2.45) is 11.3 Å². The normalized spacial score (nSPS) is 33.2. The lowest BCUT2D eigenvalue weighted by Gasteiger charge is -2.66. The molecule has 5 aliphatic rings. The Morgan fingerprint density at radius 3 is 2.89 bits per heavy atom. The summed E-state index contributed by atoms with van der Waals surface area (Å²) in [4.78, 5) is 18.6. The van der Waals surface area contributed by atoms with Crippen LogP contribution in [0.25, 0.3) is 10.1 Å². The molecule has 3 heterocycles. The Bertz CT molecular complexity index is 1460. The van der Waals surface area contributed by atoms with E-state index in [4.69, 9.17) is 4.74 Å². The first-order chi connectivity index (χ1) is 18.4. The molecule has 8 rings (SSSR count). The van der Waals surface area contributed by atoms with E-state index in [1.165, 1.54) is 40.6 Å². The SMILES string of the molecule is CN(C(=O)Cc1cccc2sccc12)[C@@H]1CC[C@@]2(C)[C@H]3Cc4ccc(O)c5c4[C@@]2(CCN3CC2CC2)[C@H]1O5. The molecule has 1 N–H and O–H groups in total. The highest BCUT2D eigenvalue weighted by atomic mass is 32.1. The third kappa shape index (κ3) is 2.99. The number of phenolic OH excluding ortho intramolecular Hbond substituents is 1. The van der Waals surface area contributed by atoms with Crippen LogP contribution >= 0.6 is 11.3 Å². The average molecular weight is 529 g/mol. The molecule has 0 unspecified atom stereocenters. The smallest absolute Gasteiger partial charge is 0.227 e. The van der Waals surface area contributed by atoms with Gasteiger partial charge in [-0.2, -0.15) is 0 Å². The van der Waals surface area contributed by atoms with Crippen molar-refractivity contribution in [2.75, 3.05) is 20.1 Å². The van der Waals surface area contributed by atoms with Gasteiger partial charge in [0.25, 0.3) is 0 Å². The van der Waals surface area contributed by atoms with E-state index in [1.807, 2.05) is 18.0 Å². The van der Waals surface area contributed by atoms with Crippen LogP contribution in [0, 0.1) is 11.3 Å². The van der Waals surface area contributed by atoms with Crippen LogP contribution in [0.3, 0.4) is 0 Å². The summed E-state index contributed by atoms with van der Waals surface area (Å²) in [6.45, 7) is 4.80. The third-order valence-electron chi connectivity index (χ3n) is 11.1. The van der Waals surface area contributed by atoms with E-state index in [0.29, 0.717) is 18.2 Å². The lowest BCUT2D eigenvalue weighted by molar-refractivity contribution is -0.153. The molecule has 2 saturated carbocycles. The van der Waals surface area contributed by atoms with Crippen LogP contribution in [0.1, 0.15) is 55.7 Å². The molecular weight excluding hydrogens is 492 g/mol. The number of amides is 1. The summed E-state index contributed by atoms with van der Waals surface area (Å²) in [5.41, 5.74) is 3.62. The van der Waals surface area contributed by atoms with Gasteiger partial charge in [0.15, 0.2) is 11.5 Å². The van der Waals surface area contributed by atoms with E-state index in [1.54, 1.807) is 11.3 Å². The number of thiophene rings is 1. The lowest BCUT2D eigenvalue weighted by Crippen LogP contribution is -2.73. The van der Waals surface area contributed by atoms with Gasteiger partial charge in [-0.05, 0) is 96.5 Å². The van der Waals surface area contributed by atoms with Gasteiger partial charge in [-0.3, -0.25) is 9.69 Å². The van der Waals surface area contributed by atoms with Gasteiger partial charge in [0.2, 0.25) is 5.91 Å². The number of fused-ring (bicyclic) bond motifs is 1. The van der Waals surface area contributed by atoms with Gasteiger partial charge < -0.3 is 14.7 Å². The van der Waals surface area contributed by atoms with E-state index >= 15 is 0 Å². The topological polar surface area (TPSA) is 53.0 Å². The van der Waals surface area contributed by atoms with Crippen LogP contribution in [-0.4, -0.2) is 59.1 Å². The molecule has 3 aromatic rings. The zero-order valence-electron chi connectivity index (χ0n) is 22.3. The number of likely N-dealkylation sites (tertiary alicyclic amines) is 1. The fourth-order valence-corrected chi connectivity index (χ4v) is 9.82. The molecule has 6 heteroatoms. The van der Waals surface area contributed by atoms with Gasteiger partial charge in [-0.1, -0.05) is 25.1 Å². The zero-order valence-corrected chi connectivity index (χ0v) is 23.1. The highest BCUT2D eigenvalue weighted by Crippen LogP contribution is 2.69. The van der Waals surface area contributed by atoms with E-state index in [-0.39, 0.29) is 34.6 Å². The fraction of sp³-hybridized carbons (Fsp3) is 0.531. The first kappa shape index (κ1) is 23.3. The highest BCUT2D eigenvalue weighted by molar-refractivity contribution is 7.17. The molecule has 2 bridgehead atoms. The second kappa shape index (κ2) is 7.98. The van der Waals surface area contributed by atoms with E-state index in [0.717, 1.165) is 43.7 Å². The summed E-state index contributed by atoms with van der Waals surface area (Å²) in [6.07, 6.45) is 7.11. The monoisotopic (exact) mass is 528 g/mol. The van der Waals surface area contributed by atoms with Gasteiger partial charge in [-0.25, -0.2) is 0 Å². The summed E-state index contributed by atoms with van der Waals surface area (Å²) < 4.78 is 8.07.